The number of hydrogen-bond acceptors (Lipinski definition) is 4. The second-order valence-electron chi connectivity index (χ2n) is 6.80. The molecule has 0 amide bonds. The fraction of sp³-hybridized carbons (Fsp3) is 0.263. The highest BCUT2D eigenvalue weighted by molar-refractivity contribution is 5.98. The Kier molecular flexibility index (Phi) is 3.51. The molecular formula is C19H18N3O3+. The van der Waals surface area contributed by atoms with Gasteiger partial charge in [-0.25, -0.2) is 0 Å². The molecule has 3 heterocycles. The molecule has 4 atom stereocenters. The number of nitrogens with zero attached hydrogens (tertiary/aromatic N) is 3. The van der Waals surface area contributed by atoms with Gasteiger partial charge in [-0.05, 0) is 17.7 Å². The molecule has 1 aromatic heterocycles. The van der Waals surface area contributed by atoms with Gasteiger partial charge in [0.25, 0.3) is 5.69 Å². The van der Waals surface area contributed by atoms with E-state index in [4.69, 9.17) is 0 Å². The molecule has 6 nitrogen and oxygen atoms in total. The SMILES string of the molecule is C[N+]1(c2ccc([N+](=O)[O-])cn2)C2C[C@H](c3ccccc3)C1C=CC2=O. The van der Waals surface area contributed by atoms with Crippen LogP contribution in [-0.4, -0.2) is 34.8 Å². The molecule has 2 aliphatic rings. The maximum Gasteiger partial charge on any atom is 0.288 e. The zero-order valence-corrected chi connectivity index (χ0v) is 13.8. The molecule has 2 bridgehead atoms. The molecule has 4 rings (SSSR count). The molecule has 6 heteroatoms. The minimum absolute atomic E-state index is 0.0406. The predicted molar refractivity (Wildman–Crippen MR) is 94.1 cm³/mol. The third kappa shape index (κ3) is 2.29. The molecule has 2 aromatic rings. The second-order valence-corrected chi connectivity index (χ2v) is 6.80. The Morgan fingerprint density at radius 1 is 1.20 bits per heavy atom. The number of pyridine rings is 1. The van der Waals surface area contributed by atoms with E-state index < -0.39 is 4.92 Å². The zero-order chi connectivity index (χ0) is 17.6. The quantitative estimate of drug-likeness (QED) is 0.491. The van der Waals surface area contributed by atoms with Gasteiger partial charge in [-0.15, -0.1) is 0 Å². The van der Waals surface area contributed by atoms with Crippen molar-refractivity contribution in [3.05, 3.63) is 76.5 Å². The van der Waals surface area contributed by atoms with Crippen molar-refractivity contribution in [1.29, 1.82) is 0 Å². The first-order valence-corrected chi connectivity index (χ1v) is 8.25. The normalized spacial score (nSPS) is 30.4. The van der Waals surface area contributed by atoms with Crippen molar-refractivity contribution in [1.82, 2.24) is 9.47 Å². The van der Waals surface area contributed by atoms with Crippen molar-refractivity contribution < 1.29 is 9.72 Å². The van der Waals surface area contributed by atoms with Crippen LogP contribution in [0, 0.1) is 10.1 Å². The number of benzene rings is 1. The minimum Gasteiger partial charge on any atom is -0.288 e. The summed E-state index contributed by atoms with van der Waals surface area (Å²) < 4.78 is 0.368. The molecule has 1 aromatic carbocycles. The summed E-state index contributed by atoms with van der Waals surface area (Å²) >= 11 is 0. The van der Waals surface area contributed by atoms with E-state index in [0.29, 0.717) is 10.3 Å². The summed E-state index contributed by atoms with van der Waals surface area (Å²) in [6, 6.07) is 13.2. The number of likely N-dealkylation sites (N-methyl/N-ethyl adjacent to an activating group) is 1. The van der Waals surface area contributed by atoms with E-state index in [2.05, 4.69) is 17.1 Å². The molecule has 0 N–H and O–H groups in total. The van der Waals surface area contributed by atoms with Gasteiger partial charge in [0.15, 0.2) is 6.04 Å². The number of aromatic nitrogens is 1. The van der Waals surface area contributed by atoms with E-state index in [9.17, 15) is 14.9 Å². The van der Waals surface area contributed by atoms with Crippen LogP contribution in [0.3, 0.4) is 0 Å². The number of rotatable bonds is 3. The Morgan fingerprint density at radius 3 is 2.60 bits per heavy atom. The van der Waals surface area contributed by atoms with E-state index in [1.54, 1.807) is 12.1 Å². The monoisotopic (exact) mass is 336 g/mol. The van der Waals surface area contributed by atoms with Gasteiger partial charge in [0.05, 0.1) is 12.0 Å². The van der Waals surface area contributed by atoms with Gasteiger partial charge in [-0.2, -0.15) is 4.98 Å². The lowest BCUT2D eigenvalue weighted by atomic mass is 9.91. The average molecular weight is 336 g/mol. The Hall–Kier alpha value is -2.86. The topological polar surface area (TPSA) is 73.1 Å². The molecule has 25 heavy (non-hydrogen) atoms. The van der Waals surface area contributed by atoms with Crippen LogP contribution in [0.1, 0.15) is 17.9 Å². The number of quaternary nitrogens is 1. The van der Waals surface area contributed by atoms with Crippen LogP contribution in [0.4, 0.5) is 11.5 Å². The lowest BCUT2D eigenvalue weighted by molar-refractivity contribution is -0.385. The molecule has 1 saturated heterocycles. The fourth-order valence-electron chi connectivity index (χ4n) is 4.30. The summed E-state index contributed by atoms with van der Waals surface area (Å²) in [5.74, 6) is 1.00. The predicted octanol–water partition coefficient (Wildman–Crippen LogP) is 2.99. The van der Waals surface area contributed by atoms with Gasteiger partial charge in [0, 0.05) is 24.5 Å². The van der Waals surface area contributed by atoms with Crippen molar-refractivity contribution in [3.8, 4) is 0 Å². The van der Waals surface area contributed by atoms with Crippen molar-refractivity contribution in [2.75, 3.05) is 7.05 Å². The van der Waals surface area contributed by atoms with Crippen LogP contribution in [0.25, 0.3) is 0 Å². The van der Waals surface area contributed by atoms with Gasteiger partial charge in [-0.3, -0.25) is 19.4 Å². The summed E-state index contributed by atoms with van der Waals surface area (Å²) in [4.78, 5) is 27.3. The Bertz CT molecular complexity index is 863. The van der Waals surface area contributed by atoms with Crippen LogP contribution < -0.4 is 4.48 Å². The highest BCUT2D eigenvalue weighted by Gasteiger charge is 2.58. The van der Waals surface area contributed by atoms with Gasteiger partial charge in [0.1, 0.15) is 12.2 Å². The molecule has 3 unspecified atom stereocenters. The van der Waals surface area contributed by atoms with Crippen LogP contribution in [-0.2, 0) is 4.79 Å². The van der Waals surface area contributed by atoms with Crippen molar-refractivity contribution in [2.45, 2.75) is 24.4 Å². The lowest BCUT2D eigenvalue weighted by Crippen LogP contribution is -2.59. The fourth-order valence-corrected chi connectivity index (χ4v) is 4.30. The molecule has 1 fully saturated rings. The summed E-state index contributed by atoms with van der Waals surface area (Å²) in [5.41, 5.74) is 1.17. The van der Waals surface area contributed by atoms with E-state index in [-0.39, 0.29) is 29.5 Å². The first-order chi connectivity index (χ1) is 12.0. The first kappa shape index (κ1) is 15.7. The van der Waals surface area contributed by atoms with E-state index in [1.165, 1.54) is 17.8 Å². The summed E-state index contributed by atoms with van der Waals surface area (Å²) in [6.07, 6.45) is 5.69. The van der Waals surface area contributed by atoms with Crippen molar-refractivity contribution in [3.63, 3.8) is 0 Å². The first-order valence-electron chi connectivity index (χ1n) is 8.25. The maximum absolute atomic E-state index is 12.6. The number of carbonyl (C=O) groups excluding carboxylic acids is 1. The third-order valence-corrected chi connectivity index (χ3v) is 5.61. The van der Waals surface area contributed by atoms with Crippen LogP contribution in [0.2, 0.25) is 0 Å². The van der Waals surface area contributed by atoms with Gasteiger partial charge < -0.3 is 0 Å². The van der Waals surface area contributed by atoms with E-state index in [0.717, 1.165) is 6.42 Å². The number of carbonyl (C=O) groups is 1. The number of hydrogen-bond donors (Lipinski definition) is 0. The van der Waals surface area contributed by atoms with Gasteiger partial charge in [-0.1, -0.05) is 30.3 Å². The average Bonchev–Trinajstić information content (AvgIpc) is 2.81. The van der Waals surface area contributed by atoms with Gasteiger partial charge >= 0.3 is 0 Å². The molecular weight excluding hydrogens is 318 g/mol. The Balaban J connectivity index is 1.79. The molecule has 0 aliphatic carbocycles. The molecule has 2 aliphatic heterocycles. The lowest BCUT2D eigenvalue weighted by Gasteiger charge is -2.40. The van der Waals surface area contributed by atoms with E-state index >= 15 is 0 Å². The van der Waals surface area contributed by atoms with Crippen LogP contribution in [0.15, 0.2) is 60.8 Å². The molecule has 126 valence electrons. The van der Waals surface area contributed by atoms with Gasteiger partial charge in [0.2, 0.25) is 11.6 Å². The Morgan fingerprint density at radius 2 is 1.96 bits per heavy atom. The number of fused-ring (bicyclic) bond motifs is 2. The zero-order valence-electron chi connectivity index (χ0n) is 13.8. The molecule has 0 radical (unpaired) electrons. The van der Waals surface area contributed by atoms with Crippen LogP contribution >= 0.6 is 0 Å². The standard InChI is InChI=1S/C19H18N3O3/c1-22(19-10-7-14(12-20-19)21(24)25)16-8-9-18(23)17(22)11-15(16)13-5-3-2-4-6-13/h2-10,12,15-17H,11H2,1H3/q+1/t15-,16?,17?,22?/m1/s1. The maximum atomic E-state index is 12.6. The summed E-state index contributed by atoms with van der Waals surface area (Å²) in [5, 5.41) is 10.9. The molecule has 0 saturated carbocycles. The second kappa shape index (κ2) is 5.60. The third-order valence-electron chi connectivity index (χ3n) is 5.61. The minimum atomic E-state index is -0.459. The molecule has 0 spiro atoms. The number of nitro groups is 1. The van der Waals surface area contributed by atoms with Crippen molar-refractivity contribution in [2.24, 2.45) is 0 Å². The smallest absolute Gasteiger partial charge is 0.288 e. The Labute approximate surface area is 145 Å². The largest absolute Gasteiger partial charge is 0.288 e. The van der Waals surface area contributed by atoms with Crippen LogP contribution in [0.5, 0.6) is 0 Å². The summed E-state index contributed by atoms with van der Waals surface area (Å²) in [7, 11) is 2.01. The summed E-state index contributed by atoms with van der Waals surface area (Å²) in [6.45, 7) is 0. The number of ketones is 1. The highest BCUT2D eigenvalue weighted by Crippen LogP contribution is 2.47. The van der Waals surface area contributed by atoms with Crippen molar-refractivity contribution >= 4 is 17.3 Å². The highest BCUT2D eigenvalue weighted by atomic mass is 16.6. The van der Waals surface area contributed by atoms with E-state index in [1.807, 2.05) is 31.3 Å².